The predicted octanol–water partition coefficient (Wildman–Crippen LogP) is 1.67. The summed E-state index contributed by atoms with van der Waals surface area (Å²) in [5.41, 5.74) is 5.60. The van der Waals surface area contributed by atoms with Gasteiger partial charge in [0.05, 0.1) is 17.7 Å². The fraction of sp³-hybridized carbons (Fsp3) is 0.692. The lowest BCUT2D eigenvalue weighted by Crippen LogP contribution is -2.55. The molecule has 0 aliphatic heterocycles. The van der Waals surface area contributed by atoms with Gasteiger partial charge in [-0.05, 0) is 41.5 Å². The van der Waals surface area contributed by atoms with Gasteiger partial charge in [0, 0.05) is 5.54 Å². The Bertz CT molecular complexity index is 422. The van der Waals surface area contributed by atoms with Crippen molar-refractivity contribution in [3.8, 4) is 0 Å². The van der Waals surface area contributed by atoms with E-state index in [-0.39, 0.29) is 12.5 Å². The summed E-state index contributed by atoms with van der Waals surface area (Å²) in [6.45, 7) is 11.3. The standard InChI is InChI=1S/C13H23N3O2/c1-8-9(2)18-10(16-8)7-15-11(17)12(3,4)13(5,6)14/h7,14H2,1-6H3,(H,15,17). The topological polar surface area (TPSA) is 81.2 Å². The lowest BCUT2D eigenvalue weighted by atomic mass is 9.74. The van der Waals surface area contributed by atoms with Crippen LogP contribution in [0.15, 0.2) is 4.42 Å². The summed E-state index contributed by atoms with van der Waals surface area (Å²) < 4.78 is 5.41. The van der Waals surface area contributed by atoms with E-state index < -0.39 is 11.0 Å². The van der Waals surface area contributed by atoms with Crippen molar-refractivity contribution >= 4 is 5.91 Å². The predicted molar refractivity (Wildman–Crippen MR) is 69.9 cm³/mol. The van der Waals surface area contributed by atoms with Gasteiger partial charge in [0.1, 0.15) is 5.76 Å². The molecule has 18 heavy (non-hydrogen) atoms. The van der Waals surface area contributed by atoms with Gasteiger partial charge in [-0.2, -0.15) is 0 Å². The number of oxazole rings is 1. The van der Waals surface area contributed by atoms with Gasteiger partial charge in [0.15, 0.2) is 0 Å². The van der Waals surface area contributed by atoms with Gasteiger partial charge in [-0.1, -0.05) is 0 Å². The van der Waals surface area contributed by atoms with E-state index in [1.165, 1.54) is 0 Å². The molecule has 0 aliphatic carbocycles. The van der Waals surface area contributed by atoms with Crippen molar-refractivity contribution in [2.24, 2.45) is 11.1 Å². The fourth-order valence-electron chi connectivity index (χ4n) is 1.28. The Balaban J connectivity index is 2.67. The summed E-state index contributed by atoms with van der Waals surface area (Å²) >= 11 is 0. The average Bonchev–Trinajstić information content (AvgIpc) is 2.53. The normalized spacial score (nSPS) is 12.6. The lowest BCUT2D eigenvalue weighted by Gasteiger charge is -2.36. The van der Waals surface area contributed by atoms with Crippen molar-refractivity contribution in [2.75, 3.05) is 0 Å². The number of carbonyl (C=O) groups excluding carboxylic acids is 1. The van der Waals surface area contributed by atoms with Crippen LogP contribution in [0.2, 0.25) is 0 Å². The smallest absolute Gasteiger partial charge is 0.227 e. The van der Waals surface area contributed by atoms with Crippen molar-refractivity contribution in [3.63, 3.8) is 0 Å². The molecule has 5 heteroatoms. The van der Waals surface area contributed by atoms with Crippen LogP contribution in [-0.2, 0) is 11.3 Å². The minimum Gasteiger partial charge on any atom is -0.444 e. The van der Waals surface area contributed by atoms with Crippen molar-refractivity contribution in [1.82, 2.24) is 10.3 Å². The molecule has 3 N–H and O–H groups in total. The summed E-state index contributed by atoms with van der Waals surface area (Å²) in [6, 6.07) is 0. The van der Waals surface area contributed by atoms with Crippen LogP contribution in [0.5, 0.6) is 0 Å². The molecule has 0 aliphatic rings. The molecule has 0 atom stereocenters. The van der Waals surface area contributed by atoms with E-state index in [4.69, 9.17) is 10.2 Å². The number of aromatic nitrogens is 1. The summed E-state index contributed by atoms with van der Waals surface area (Å²) in [5, 5.41) is 2.81. The van der Waals surface area contributed by atoms with Gasteiger partial charge in [-0.3, -0.25) is 4.79 Å². The molecule has 1 aromatic heterocycles. The van der Waals surface area contributed by atoms with Crippen LogP contribution < -0.4 is 11.1 Å². The van der Waals surface area contributed by atoms with E-state index >= 15 is 0 Å². The number of hydrogen-bond donors (Lipinski definition) is 2. The zero-order valence-corrected chi connectivity index (χ0v) is 12.0. The Kier molecular flexibility index (Phi) is 3.86. The molecule has 1 amide bonds. The quantitative estimate of drug-likeness (QED) is 0.855. The number of hydrogen-bond acceptors (Lipinski definition) is 4. The Morgan fingerprint density at radius 3 is 2.28 bits per heavy atom. The number of rotatable bonds is 4. The molecular formula is C13H23N3O2. The molecule has 0 aromatic carbocycles. The first-order valence-electron chi connectivity index (χ1n) is 6.06. The number of nitrogens with zero attached hydrogens (tertiary/aromatic N) is 1. The molecule has 0 bridgehead atoms. The van der Waals surface area contributed by atoms with Crippen LogP contribution in [0, 0.1) is 19.3 Å². The number of nitrogens with two attached hydrogens (primary N) is 1. The largest absolute Gasteiger partial charge is 0.444 e. The molecule has 5 nitrogen and oxygen atoms in total. The van der Waals surface area contributed by atoms with Crippen LogP contribution >= 0.6 is 0 Å². The van der Waals surface area contributed by atoms with Crippen molar-refractivity contribution in [3.05, 3.63) is 17.3 Å². The molecule has 1 rings (SSSR count). The monoisotopic (exact) mass is 253 g/mol. The van der Waals surface area contributed by atoms with Crippen LogP contribution in [0.3, 0.4) is 0 Å². The maximum atomic E-state index is 12.1. The van der Waals surface area contributed by atoms with Gasteiger partial charge in [-0.25, -0.2) is 4.98 Å². The Morgan fingerprint density at radius 2 is 1.89 bits per heavy atom. The first-order valence-corrected chi connectivity index (χ1v) is 6.06. The van der Waals surface area contributed by atoms with E-state index in [0.29, 0.717) is 5.89 Å². The van der Waals surface area contributed by atoms with E-state index in [2.05, 4.69) is 10.3 Å². The molecular weight excluding hydrogens is 230 g/mol. The van der Waals surface area contributed by atoms with Gasteiger partial charge in [0.25, 0.3) is 0 Å². The van der Waals surface area contributed by atoms with Gasteiger partial charge >= 0.3 is 0 Å². The first-order chi connectivity index (χ1) is 8.05. The maximum Gasteiger partial charge on any atom is 0.227 e. The highest BCUT2D eigenvalue weighted by atomic mass is 16.4. The molecule has 0 spiro atoms. The Morgan fingerprint density at radius 1 is 1.33 bits per heavy atom. The van der Waals surface area contributed by atoms with E-state index in [0.717, 1.165) is 11.5 Å². The third-order valence-corrected chi connectivity index (χ3v) is 3.65. The Hall–Kier alpha value is -1.36. The van der Waals surface area contributed by atoms with E-state index in [1.807, 2.05) is 41.5 Å². The van der Waals surface area contributed by atoms with E-state index in [1.54, 1.807) is 0 Å². The van der Waals surface area contributed by atoms with E-state index in [9.17, 15) is 4.79 Å². The van der Waals surface area contributed by atoms with Crippen LogP contribution in [0.25, 0.3) is 0 Å². The minimum absolute atomic E-state index is 0.108. The second kappa shape index (κ2) is 4.72. The van der Waals surface area contributed by atoms with Crippen molar-refractivity contribution in [1.29, 1.82) is 0 Å². The highest BCUT2D eigenvalue weighted by molar-refractivity contribution is 5.83. The molecule has 0 saturated heterocycles. The first kappa shape index (κ1) is 14.7. The molecule has 0 radical (unpaired) electrons. The summed E-state index contributed by atoms with van der Waals surface area (Å²) in [5.74, 6) is 1.19. The van der Waals surface area contributed by atoms with Crippen molar-refractivity contribution in [2.45, 2.75) is 53.6 Å². The second-order valence-corrected chi connectivity index (χ2v) is 5.78. The lowest BCUT2D eigenvalue weighted by molar-refractivity contribution is -0.132. The summed E-state index contributed by atoms with van der Waals surface area (Å²) in [7, 11) is 0. The third kappa shape index (κ3) is 2.90. The highest BCUT2D eigenvalue weighted by Gasteiger charge is 2.40. The van der Waals surface area contributed by atoms with Gasteiger partial charge in [-0.15, -0.1) is 0 Å². The SMILES string of the molecule is Cc1nc(CNC(=O)C(C)(C)C(C)(C)N)oc1C. The molecule has 0 saturated carbocycles. The number of nitrogens with one attached hydrogen (secondary N) is 1. The third-order valence-electron chi connectivity index (χ3n) is 3.65. The molecule has 102 valence electrons. The van der Waals surface area contributed by atoms with Crippen LogP contribution in [-0.4, -0.2) is 16.4 Å². The number of aryl methyl sites for hydroxylation is 2. The van der Waals surface area contributed by atoms with Gasteiger partial charge < -0.3 is 15.5 Å². The summed E-state index contributed by atoms with van der Waals surface area (Å²) in [6.07, 6.45) is 0. The molecule has 1 heterocycles. The second-order valence-electron chi connectivity index (χ2n) is 5.78. The van der Waals surface area contributed by atoms with Gasteiger partial charge in [0.2, 0.25) is 11.8 Å². The zero-order chi connectivity index (χ0) is 14.1. The number of amides is 1. The number of carbonyl (C=O) groups is 1. The zero-order valence-electron chi connectivity index (χ0n) is 12.0. The molecule has 0 unspecified atom stereocenters. The van der Waals surface area contributed by atoms with Crippen LogP contribution in [0.4, 0.5) is 0 Å². The molecule has 0 fully saturated rings. The maximum absolute atomic E-state index is 12.1. The van der Waals surface area contributed by atoms with Crippen LogP contribution in [0.1, 0.15) is 45.0 Å². The average molecular weight is 253 g/mol. The summed E-state index contributed by atoms with van der Waals surface area (Å²) in [4.78, 5) is 16.3. The molecule has 1 aromatic rings. The highest BCUT2D eigenvalue weighted by Crippen LogP contribution is 2.28. The fourth-order valence-corrected chi connectivity index (χ4v) is 1.28. The minimum atomic E-state index is -0.663. The Labute approximate surface area is 108 Å². The van der Waals surface area contributed by atoms with Crippen molar-refractivity contribution < 1.29 is 9.21 Å².